The Balaban J connectivity index is 1.37. The molecule has 0 N–H and O–H groups in total. The number of aromatic nitrogens is 2. The maximum absolute atomic E-state index is 13.5. The Hall–Kier alpha value is -3.79. The molecule has 4 heterocycles. The van der Waals surface area contributed by atoms with Gasteiger partial charge in [0.2, 0.25) is 11.8 Å². The van der Waals surface area contributed by atoms with Crippen molar-refractivity contribution in [3.05, 3.63) is 66.3 Å². The van der Waals surface area contributed by atoms with Crippen molar-refractivity contribution in [3.8, 4) is 5.75 Å². The molecule has 0 spiro atoms. The molecule has 0 aliphatic carbocycles. The van der Waals surface area contributed by atoms with Crippen LogP contribution >= 0.6 is 0 Å². The van der Waals surface area contributed by atoms with Gasteiger partial charge in [-0.15, -0.1) is 0 Å². The molecule has 0 radical (unpaired) electrons. The van der Waals surface area contributed by atoms with Gasteiger partial charge in [-0.2, -0.15) is 0 Å². The number of benzene rings is 1. The lowest BCUT2D eigenvalue weighted by Gasteiger charge is -2.39. The molecule has 5 rings (SSSR count). The number of rotatable bonds is 3. The van der Waals surface area contributed by atoms with E-state index in [9.17, 15) is 14.4 Å². The van der Waals surface area contributed by atoms with Gasteiger partial charge in [0.25, 0.3) is 5.91 Å². The zero-order chi connectivity index (χ0) is 26.3. The van der Waals surface area contributed by atoms with Gasteiger partial charge in [0.1, 0.15) is 24.6 Å². The normalized spacial score (nSPS) is 22.4. The van der Waals surface area contributed by atoms with Gasteiger partial charge in [-0.05, 0) is 24.3 Å². The molecule has 3 aliphatic heterocycles. The van der Waals surface area contributed by atoms with E-state index in [1.165, 1.54) is 23.5 Å². The van der Waals surface area contributed by atoms with Gasteiger partial charge >= 0.3 is 0 Å². The Morgan fingerprint density at radius 2 is 1.87 bits per heavy atom. The van der Waals surface area contributed by atoms with Crippen LogP contribution in [0.2, 0.25) is 0 Å². The summed E-state index contributed by atoms with van der Waals surface area (Å²) in [4.78, 5) is 53.3. The smallest absolute Gasteiger partial charge is 0.274 e. The van der Waals surface area contributed by atoms with Crippen LogP contribution in [0.3, 0.4) is 0 Å². The van der Waals surface area contributed by atoms with Crippen molar-refractivity contribution in [2.45, 2.75) is 19.4 Å². The molecule has 3 amide bonds. The van der Waals surface area contributed by atoms with E-state index in [0.717, 1.165) is 12.0 Å². The lowest BCUT2D eigenvalue weighted by molar-refractivity contribution is -0.138. The van der Waals surface area contributed by atoms with E-state index < -0.39 is 0 Å². The van der Waals surface area contributed by atoms with E-state index >= 15 is 0 Å². The molecule has 38 heavy (non-hydrogen) atoms. The van der Waals surface area contributed by atoms with Crippen molar-refractivity contribution < 1.29 is 23.9 Å². The lowest BCUT2D eigenvalue weighted by Crippen LogP contribution is -2.49. The summed E-state index contributed by atoms with van der Waals surface area (Å²) in [6.07, 6.45) is 9.60. The van der Waals surface area contributed by atoms with E-state index in [-0.39, 0.29) is 48.3 Å². The molecular weight excluding hydrogens is 486 g/mol. The first-order valence-corrected chi connectivity index (χ1v) is 13.1. The Bertz CT molecular complexity index is 1170. The fraction of sp³-hybridized carbons (Fsp3) is 0.464. The highest BCUT2D eigenvalue weighted by molar-refractivity contribution is 5.94. The summed E-state index contributed by atoms with van der Waals surface area (Å²) >= 11 is 0. The van der Waals surface area contributed by atoms with Crippen LogP contribution in [0.15, 0.2) is 55.0 Å². The lowest BCUT2D eigenvalue weighted by atomic mass is 9.82. The number of hydrogen-bond donors (Lipinski definition) is 0. The standard InChI is InChI=1S/C28H33N5O5/c34-26(31-11-14-37-15-12-31)16-21-7-10-32-18-22(21)5-3-13-38-25-6-2-1-4-23(25)19-33(20-27(32)35)28(36)24-17-29-8-9-30-24/h1-6,8-9,17,21-22H,7,10-16,18-20H2/t21-,22-/m0/s1. The van der Waals surface area contributed by atoms with Crippen LogP contribution in [0.25, 0.3) is 0 Å². The molecular formula is C28H33N5O5. The summed E-state index contributed by atoms with van der Waals surface area (Å²) in [6, 6.07) is 7.52. The van der Waals surface area contributed by atoms with Gasteiger partial charge < -0.3 is 24.2 Å². The summed E-state index contributed by atoms with van der Waals surface area (Å²) < 4.78 is 11.5. The number of para-hydroxylation sites is 1. The second kappa shape index (κ2) is 12.2. The molecule has 1 aromatic carbocycles. The molecule has 2 aromatic rings. The average molecular weight is 520 g/mol. The van der Waals surface area contributed by atoms with Crippen molar-refractivity contribution in [1.29, 1.82) is 0 Å². The zero-order valence-electron chi connectivity index (χ0n) is 21.4. The minimum Gasteiger partial charge on any atom is -0.489 e. The van der Waals surface area contributed by atoms with E-state index in [0.29, 0.717) is 58.2 Å². The van der Waals surface area contributed by atoms with Crippen LogP contribution in [0, 0.1) is 11.8 Å². The number of carbonyl (C=O) groups excluding carboxylic acids is 3. The first kappa shape index (κ1) is 25.8. The maximum Gasteiger partial charge on any atom is 0.274 e. The maximum atomic E-state index is 13.5. The molecule has 10 heteroatoms. The monoisotopic (exact) mass is 519 g/mol. The van der Waals surface area contributed by atoms with E-state index in [4.69, 9.17) is 9.47 Å². The van der Waals surface area contributed by atoms with Crippen LogP contribution < -0.4 is 4.74 Å². The van der Waals surface area contributed by atoms with Gasteiger partial charge in [0, 0.05) is 50.6 Å². The van der Waals surface area contributed by atoms with Crippen LogP contribution in [0.1, 0.15) is 28.9 Å². The first-order chi connectivity index (χ1) is 18.6. The molecule has 2 fully saturated rings. The largest absolute Gasteiger partial charge is 0.489 e. The fourth-order valence-corrected chi connectivity index (χ4v) is 5.28. The molecule has 0 saturated carbocycles. The highest BCUT2D eigenvalue weighted by Gasteiger charge is 2.34. The quantitative estimate of drug-likeness (QED) is 0.570. The predicted octanol–water partition coefficient (Wildman–Crippen LogP) is 1.78. The molecule has 200 valence electrons. The third kappa shape index (κ3) is 6.19. The van der Waals surface area contributed by atoms with Gasteiger partial charge in [-0.1, -0.05) is 30.4 Å². The fourth-order valence-electron chi connectivity index (χ4n) is 5.28. The highest BCUT2D eigenvalue weighted by Crippen LogP contribution is 2.30. The number of fused-ring (bicyclic) bond motifs is 3. The van der Waals surface area contributed by atoms with Crippen molar-refractivity contribution in [2.75, 3.05) is 52.5 Å². The van der Waals surface area contributed by atoms with Crippen LogP contribution in [-0.2, 0) is 20.9 Å². The Kier molecular flexibility index (Phi) is 8.28. The molecule has 10 nitrogen and oxygen atoms in total. The summed E-state index contributed by atoms with van der Waals surface area (Å²) in [5.41, 5.74) is 0.986. The summed E-state index contributed by atoms with van der Waals surface area (Å²) in [6.45, 7) is 3.91. The average Bonchev–Trinajstić information content (AvgIpc) is 2.97. The van der Waals surface area contributed by atoms with E-state index in [2.05, 4.69) is 16.0 Å². The molecule has 2 saturated heterocycles. The number of ether oxygens (including phenoxy) is 2. The Morgan fingerprint density at radius 3 is 2.68 bits per heavy atom. The topological polar surface area (TPSA) is 105 Å². The number of piperidine rings is 1. The number of hydrogen-bond acceptors (Lipinski definition) is 7. The van der Waals surface area contributed by atoms with Crippen molar-refractivity contribution >= 4 is 17.7 Å². The molecule has 2 atom stereocenters. The SMILES string of the molecule is O=C(C[C@@H]1CCN2C[C@@H]1C=CCOc1ccccc1CN(C(=O)c1cnccn1)CC2=O)N1CCOCC1. The van der Waals surface area contributed by atoms with E-state index in [1.54, 1.807) is 0 Å². The van der Waals surface area contributed by atoms with Gasteiger partial charge in [-0.3, -0.25) is 19.4 Å². The summed E-state index contributed by atoms with van der Waals surface area (Å²) in [5, 5.41) is 0. The van der Waals surface area contributed by atoms with Crippen molar-refractivity contribution in [1.82, 2.24) is 24.7 Å². The summed E-state index contributed by atoms with van der Waals surface area (Å²) in [7, 11) is 0. The first-order valence-electron chi connectivity index (χ1n) is 13.1. The summed E-state index contributed by atoms with van der Waals surface area (Å²) in [5.74, 6) is 0.443. The number of carbonyl (C=O) groups is 3. The third-order valence-corrected chi connectivity index (χ3v) is 7.41. The zero-order valence-corrected chi connectivity index (χ0v) is 21.4. The number of amides is 3. The van der Waals surface area contributed by atoms with Crippen molar-refractivity contribution in [3.63, 3.8) is 0 Å². The van der Waals surface area contributed by atoms with Crippen LogP contribution in [0.4, 0.5) is 0 Å². The van der Waals surface area contributed by atoms with Crippen molar-refractivity contribution in [2.24, 2.45) is 11.8 Å². The van der Waals surface area contributed by atoms with Gasteiger partial charge in [0.05, 0.1) is 26.0 Å². The minimum absolute atomic E-state index is 0.0152. The molecule has 2 bridgehead atoms. The Morgan fingerprint density at radius 1 is 1.03 bits per heavy atom. The van der Waals surface area contributed by atoms with Gasteiger partial charge in [-0.25, -0.2) is 4.98 Å². The second-order valence-corrected chi connectivity index (χ2v) is 9.85. The third-order valence-electron chi connectivity index (χ3n) is 7.41. The predicted molar refractivity (Wildman–Crippen MR) is 138 cm³/mol. The van der Waals surface area contributed by atoms with Crippen LogP contribution in [-0.4, -0.2) is 94.9 Å². The molecule has 0 unspecified atom stereocenters. The highest BCUT2D eigenvalue weighted by atomic mass is 16.5. The molecule has 1 aromatic heterocycles. The minimum atomic E-state index is -0.364. The van der Waals surface area contributed by atoms with E-state index in [1.807, 2.05) is 40.1 Å². The molecule has 3 aliphatic rings. The number of morpholine rings is 1. The van der Waals surface area contributed by atoms with Gasteiger partial charge in [0.15, 0.2) is 0 Å². The van der Waals surface area contributed by atoms with Crippen LogP contribution in [0.5, 0.6) is 5.75 Å². The second-order valence-electron chi connectivity index (χ2n) is 9.85. The number of nitrogens with zero attached hydrogens (tertiary/aromatic N) is 5. The Labute approximate surface area is 222 Å².